The van der Waals surface area contributed by atoms with Gasteiger partial charge in [0.25, 0.3) is 0 Å². The molecule has 0 amide bonds. The summed E-state index contributed by atoms with van der Waals surface area (Å²) in [6.45, 7) is 7.85. The van der Waals surface area contributed by atoms with Gasteiger partial charge in [0, 0.05) is 12.0 Å². The van der Waals surface area contributed by atoms with Gasteiger partial charge in [-0.05, 0) is 57.5 Å². The smallest absolute Gasteiger partial charge is 0.146 e. The Morgan fingerprint density at radius 1 is 1.30 bits per heavy atom. The standard InChI is InChI=1S/C20H26N4O2S/c1-13-14(2)27-20-18(13)19(21-15(12-25-3)16-7-6-10-26-16)22-17(23-20)11-24-8-4-5-9-24/h6-7,10,15H,4-5,8-9,11-12H2,1-3H3,(H,21,22,23). The van der Waals surface area contributed by atoms with Crippen molar-refractivity contribution in [1.29, 1.82) is 0 Å². The van der Waals surface area contributed by atoms with Crippen molar-refractivity contribution < 1.29 is 9.15 Å². The van der Waals surface area contributed by atoms with E-state index in [1.54, 1.807) is 24.7 Å². The van der Waals surface area contributed by atoms with E-state index >= 15 is 0 Å². The van der Waals surface area contributed by atoms with Crippen LogP contribution in [0.3, 0.4) is 0 Å². The molecule has 0 spiro atoms. The minimum absolute atomic E-state index is 0.0951. The number of fused-ring (bicyclic) bond motifs is 1. The number of thiophene rings is 1. The maximum absolute atomic E-state index is 5.61. The molecule has 1 aliphatic rings. The maximum Gasteiger partial charge on any atom is 0.146 e. The summed E-state index contributed by atoms with van der Waals surface area (Å²) in [6, 6.07) is 3.77. The van der Waals surface area contributed by atoms with E-state index in [1.807, 2.05) is 12.1 Å². The third-order valence-corrected chi connectivity index (χ3v) is 6.27. The number of aromatic nitrogens is 2. The van der Waals surface area contributed by atoms with Crippen molar-refractivity contribution in [3.05, 3.63) is 40.4 Å². The van der Waals surface area contributed by atoms with Gasteiger partial charge in [0.2, 0.25) is 0 Å². The van der Waals surface area contributed by atoms with Gasteiger partial charge in [-0.25, -0.2) is 9.97 Å². The van der Waals surface area contributed by atoms with E-state index in [0.29, 0.717) is 6.61 Å². The van der Waals surface area contributed by atoms with Gasteiger partial charge in [0.1, 0.15) is 28.3 Å². The number of ether oxygens (including phenoxy) is 1. The monoisotopic (exact) mass is 386 g/mol. The normalized spacial score (nSPS) is 16.3. The summed E-state index contributed by atoms with van der Waals surface area (Å²) in [7, 11) is 1.70. The van der Waals surface area contributed by atoms with Crippen molar-refractivity contribution >= 4 is 27.4 Å². The number of likely N-dealkylation sites (tertiary alicyclic amines) is 1. The van der Waals surface area contributed by atoms with Crippen molar-refractivity contribution in [1.82, 2.24) is 14.9 Å². The van der Waals surface area contributed by atoms with E-state index in [1.165, 1.54) is 23.3 Å². The second-order valence-electron chi connectivity index (χ2n) is 7.10. The summed E-state index contributed by atoms with van der Waals surface area (Å²) in [5, 5.41) is 4.67. The molecule has 3 aromatic rings. The average molecular weight is 387 g/mol. The van der Waals surface area contributed by atoms with Gasteiger partial charge in [0.05, 0.1) is 24.8 Å². The zero-order valence-corrected chi connectivity index (χ0v) is 16.9. The molecule has 1 N–H and O–H groups in total. The Hall–Kier alpha value is -1.96. The van der Waals surface area contributed by atoms with Crippen LogP contribution in [0.5, 0.6) is 0 Å². The predicted octanol–water partition coefficient (Wildman–Crippen LogP) is 4.30. The lowest BCUT2D eigenvalue weighted by molar-refractivity contribution is 0.178. The first-order chi connectivity index (χ1) is 13.2. The van der Waals surface area contributed by atoms with Crippen LogP contribution in [0.1, 0.15) is 40.9 Å². The predicted molar refractivity (Wildman–Crippen MR) is 108 cm³/mol. The average Bonchev–Trinajstić information content (AvgIpc) is 3.38. The zero-order valence-electron chi connectivity index (χ0n) is 16.1. The Kier molecular flexibility index (Phi) is 5.43. The summed E-state index contributed by atoms with van der Waals surface area (Å²) in [4.78, 5) is 14.5. The van der Waals surface area contributed by atoms with E-state index in [-0.39, 0.29) is 6.04 Å². The van der Waals surface area contributed by atoms with Crippen LogP contribution in [0.2, 0.25) is 0 Å². The van der Waals surface area contributed by atoms with Gasteiger partial charge in [-0.15, -0.1) is 11.3 Å². The largest absolute Gasteiger partial charge is 0.467 e. The number of nitrogens with zero attached hydrogens (tertiary/aromatic N) is 3. The molecule has 4 rings (SSSR count). The molecule has 0 radical (unpaired) electrons. The highest BCUT2D eigenvalue weighted by Gasteiger charge is 2.21. The lowest BCUT2D eigenvalue weighted by Gasteiger charge is -2.19. The molecule has 0 bridgehead atoms. The minimum Gasteiger partial charge on any atom is -0.467 e. The molecule has 1 aliphatic heterocycles. The molecule has 1 fully saturated rings. The third kappa shape index (κ3) is 3.85. The van der Waals surface area contributed by atoms with Crippen molar-refractivity contribution in [2.75, 3.05) is 32.1 Å². The molecule has 1 atom stereocenters. The zero-order chi connectivity index (χ0) is 18.8. The summed E-state index contributed by atoms with van der Waals surface area (Å²) < 4.78 is 11.0. The second-order valence-corrected chi connectivity index (χ2v) is 8.31. The van der Waals surface area contributed by atoms with E-state index in [2.05, 4.69) is 24.1 Å². The lowest BCUT2D eigenvalue weighted by atomic mass is 10.2. The van der Waals surface area contributed by atoms with Crippen LogP contribution >= 0.6 is 11.3 Å². The summed E-state index contributed by atoms with van der Waals surface area (Å²) >= 11 is 1.74. The van der Waals surface area contributed by atoms with Crippen molar-refractivity contribution in [3.63, 3.8) is 0 Å². The highest BCUT2D eigenvalue weighted by Crippen LogP contribution is 2.35. The summed E-state index contributed by atoms with van der Waals surface area (Å²) in [5.41, 5.74) is 1.24. The van der Waals surface area contributed by atoms with Gasteiger partial charge >= 0.3 is 0 Å². The number of anilines is 1. The Morgan fingerprint density at radius 2 is 2.11 bits per heavy atom. The molecule has 4 heterocycles. The molecule has 27 heavy (non-hydrogen) atoms. The van der Waals surface area contributed by atoms with Crippen molar-refractivity contribution in [2.45, 2.75) is 39.3 Å². The summed E-state index contributed by atoms with van der Waals surface area (Å²) in [5.74, 6) is 2.59. The molecule has 144 valence electrons. The van der Waals surface area contributed by atoms with E-state index in [4.69, 9.17) is 19.1 Å². The van der Waals surface area contributed by atoms with Crippen LogP contribution in [-0.2, 0) is 11.3 Å². The molecule has 1 saturated heterocycles. The Balaban J connectivity index is 1.72. The Morgan fingerprint density at radius 3 is 2.81 bits per heavy atom. The number of hydrogen-bond acceptors (Lipinski definition) is 7. The number of furan rings is 1. The van der Waals surface area contributed by atoms with Crippen LogP contribution in [0, 0.1) is 13.8 Å². The Bertz CT molecular complexity index is 900. The van der Waals surface area contributed by atoms with Gasteiger partial charge in [-0.2, -0.15) is 0 Å². The van der Waals surface area contributed by atoms with Gasteiger partial charge in [-0.3, -0.25) is 4.90 Å². The van der Waals surface area contributed by atoms with Gasteiger partial charge < -0.3 is 14.5 Å². The van der Waals surface area contributed by atoms with Crippen molar-refractivity contribution in [2.24, 2.45) is 0 Å². The molecular weight excluding hydrogens is 360 g/mol. The highest BCUT2D eigenvalue weighted by atomic mass is 32.1. The molecule has 6 nitrogen and oxygen atoms in total. The fourth-order valence-electron chi connectivity index (χ4n) is 3.63. The second kappa shape index (κ2) is 7.96. The number of methoxy groups -OCH3 is 1. The molecule has 0 saturated carbocycles. The van der Waals surface area contributed by atoms with Crippen LogP contribution in [-0.4, -0.2) is 41.7 Å². The van der Waals surface area contributed by atoms with E-state index < -0.39 is 0 Å². The number of rotatable bonds is 7. The fraction of sp³-hybridized carbons (Fsp3) is 0.500. The molecule has 3 aromatic heterocycles. The van der Waals surface area contributed by atoms with E-state index in [9.17, 15) is 0 Å². The first-order valence-electron chi connectivity index (χ1n) is 9.43. The topological polar surface area (TPSA) is 63.4 Å². The quantitative estimate of drug-likeness (QED) is 0.653. The number of nitrogens with one attached hydrogen (secondary N) is 1. The summed E-state index contributed by atoms with van der Waals surface area (Å²) in [6.07, 6.45) is 4.21. The lowest BCUT2D eigenvalue weighted by Crippen LogP contribution is -2.21. The van der Waals surface area contributed by atoms with Crippen molar-refractivity contribution in [3.8, 4) is 0 Å². The minimum atomic E-state index is -0.0951. The van der Waals surface area contributed by atoms with Crippen LogP contribution in [0.4, 0.5) is 5.82 Å². The Labute approximate surface area is 163 Å². The number of aryl methyl sites for hydroxylation is 2. The van der Waals surface area contributed by atoms with Gasteiger partial charge in [-0.1, -0.05) is 0 Å². The molecule has 7 heteroatoms. The SMILES string of the molecule is COCC(Nc1nc(CN2CCCC2)nc2sc(C)c(C)c12)c1ccco1. The van der Waals surface area contributed by atoms with Crippen LogP contribution in [0.25, 0.3) is 10.2 Å². The molecule has 1 unspecified atom stereocenters. The molecular formula is C20H26N4O2S. The van der Waals surface area contributed by atoms with Crippen LogP contribution in [0.15, 0.2) is 22.8 Å². The third-order valence-electron chi connectivity index (χ3n) is 5.17. The number of hydrogen-bond donors (Lipinski definition) is 1. The van der Waals surface area contributed by atoms with Crippen LogP contribution < -0.4 is 5.32 Å². The molecule has 0 aromatic carbocycles. The van der Waals surface area contributed by atoms with Gasteiger partial charge in [0.15, 0.2) is 0 Å². The van der Waals surface area contributed by atoms with E-state index in [0.717, 1.165) is 47.3 Å². The first kappa shape index (κ1) is 18.4. The maximum atomic E-state index is 5.61. The highest BCUT2D eigenvalue weighted by molar-refractivity contribution is 7.18. The molecule has 0 aliphatic carbocycles. The fourth-order valence-corrected chi connectivity index (χ4v) is 4.67. The first-order valence-corrected chi connectivity index (χ1v) is 10.2.